The van der Waals surface area contributed by atoms with E-state index in [1.54, 1.807) is 15.9 Å². The van der Waals surface area contributed by atoms with Gasteiger partial charge in [-0.2, -0.15) is 0 Å². The molecule has 9 heteroatoms. The Balaban J connectivity index is 2.07. The number of aryl methyl sites for hydroxylation is 1. The summed E-state index contributed by atoms with van der Waals surface area (Å²) in [6, 6.07) is 2.02. The van der Waals surface area contributed by atoms with Gasteiger partial charge in [0.25, 0.3) is 0 Å². The van der Waals surface area contributed by atoms with E-state index in [2.05, 4.69) is 20.2 Å². The van der Waals surface area contributed by atoms with Gasteiger partial charge in [-0.05, 0) is 31.2 Å². The van der Waals surface area contributed by atoms with Crippen LogP contribution in [0.5, 0.6) is 0 Å². The van der Waals surface area contributed by atoms with Crippen LogP contribution < -0.4 is 11.4 Å². The Morgan fingerprint density at radius 3 is 3.05 bits per heavy atom. The van der Waals surface area contributed by atoms with Crippen molar-refractivity contribution in [2.24, 2.45) is 0 Å². The fraction of sp³-hybridized carbons (Fsp3) is 0.333. The summed E-state index contributed by atoms with van der Waals surface area (Å²) in [6.45, 7) is 4.64. The number of fused-ring (bicyclic) bond motifs is 1. The van der Waals surface area contributed by atoms with Crippen molar-refractivity contribution in [1.82, 2.24) is 24.7 Å². The third-order valence-electron chi connectivity index (χ3n) is 2.86. The quantitative estimate of drug-likeness (QED) is 0.712. The van der Waals surface area contributed by atoms with Crippen molar-refractivity contribution in [3.8, 4) is 0 Å². The minimum absolute atomic E-state index is 0.209. The van der Waals surface area contributed by atoms with Gasteiger partial charge in [0.2, 0.25) is 5.95 Å². The zero-order valence-corrected chi connectivity index (χ0v) is 13.2. The second kappa shape index (κ2) is 5.49. The molecule has 3 N–H and O–H groups in total. The summed E-state index contributed by atoms with van der Waals surface area (Å²) in [7, 11) is 0. The first kappa shape index (κ1) is 14.1. The van der Waals surface area contributed by atoms with Gasteiger partial charge in [0, 0.05) is 16.8 Å². The zero-order chi connectivity index (χ0) is 15.0. The SMILES string of the molecule is CCCn1c(Sc2nc(N)nc3sc(C)cc23)n[nH]c1=O. The lowest BCUT2D eigenvalue weighted by Crippen LogP contribution is -2.17. The first-order valence-electron chi connectivity index (χ1n) is 6.45. The van der Waals surface area contributed by atoms with Crippen LogP contribution in [-0.4, -0.2) is 24.7 Å². The molecule has 0 spiro atoms. The average Bonchev–Trinajstić information content (AvgIpc) is 2.95. The molecule has 110 valence electrons. The summed E-state index contributed by atoms with van der Waals surface area (Å²) in [5, 5.41) is 8.79. The van der Waals surface area contributed by atoms with E-state index < -0.39 is 0 Å². The van der Waals surface area contributed by atoms with Crippen LogP contribution in [0, 0.1) is 6.92 Å². The Morgan fingerprint density at radius 2 is 2.29 bits per heavy atom. The van der Waals surface area contributed by atoms with Crippen LogP contribution >= 0.6 is 23.1 Å². The van der Waals surface area contributed by atoms with Crippen LogP contribution in [0.3, 0.4) is 0 Å². The van der Waals surface area contributed by atoms with Crippen molar-refractivity contribution in [2.45, 2.75) is 37.0 Å². The number of anilines is 1. The normalized spacial score (nSPS) is 11.3. The molecule has 0 aliphatic rings. The number of nitrogens with two attached hydrogens (primary N) is 1. The highest BCUT2D eigenvalue weighted by atomic mass is 32.2. The number of nitrogen functional groups attached to an aromatic ring is 1. The Morgan fingerprint density at radius 1 is 1.48 bits per heavy atom. The Labute approximate surface area is 128 Å². The minimum Gasteiger partial charge on any atom is -0.368 e. The molecule has 0 bridgehead atoms. The van der Waals surface area contributed by atoms with Gasteiger partial charge in [-0.15, -0.1) is 16.4 Å². The first-order valence-corrected chi connectivity index (χ1v) is 8.08. The monoisotopic (exact) mass is 322 g/mol. The summed E-state index contributed by atoms with van der Waals surface area (Å²) < 4.78 is 1.61. The molecule has 0 atom stereocenters. The largest absolute Gasteiger partial charge is 0.368 e. The fourth-order valence-corrected chi connectivity index (χ4v) is 3.90. The van der Waals surface area contributed by atoms with Gasteiger partial charge in [-0.25, -0.2) is 19.9 Å². The molecule has 0 aliphatic carbocycles. The second-order valence-electron chi connectivity index (χ2n) is 4.53. The molecule has 3 aromatic rings. The predicted molar refractivity (Wildman–Crippen MR) is 83.8 cm³/mol. The standard InChI is InChI=1S/C12H14N6OS2/c1-3-4-18-11(19)16-17-12(18)21-9-7-5-6(2)20-8(7)14-10(13)15-9/h5H,3-4H2,1-2H3,(H,16,19)(H2,13,14,15). The van der Waals surface area contributed by atoms with Gasteiger partial charge < -0.3 is 5.73 Å². The molecule has 3 aromatic heterocycles. The Hall–Kier alpha value is -1.87. The average molecular weight is 322 g/mol. The van der Waals surface area contributed by atoms with Crippen LogP contribution in [0.2, 0.25) is 0 Å². The molecule has 0 radical (unpaired) electrons. The number of H-pyrrole nitrogens is 1. The fourth-order valence-electron chi connectivity index (χ4n) is 2.00. The van der Waals surface area contributed by atoms with E-state index in [4.69, 9.17) is 5.73 Å². The van der Waals surface area contributed by atoms with E-state index in [1.807, 2.05) is 19.9 Å². The third-order valence-corrected chi connectivity index (χ3v) is 4.80. The van der Waals surface area contributed by atoms with E-state index in [-0.39, 0.29) is 11.6 Å². The maximum absolute atomic E-state index is 11.7. The van der Waals surface area contributed by atoms with Gasteiger partial charge in [0.15, 0.2) is 5.16 Å². The molecule has 0 fully saturated rings. The van der Waals surface area contributed by atoms with Crippen LogP contribution in [0.15, 0.2) is 21.0 Å². The van der Waals surface area contributed by atoms with E-state index in [0.29, 0.717) is 11.7 Å². The lowest BCUT2D eigenvalue weighted by molar-refractivity contribution is 0.603. The molecule has 0 unspecified atom stereocenters. The number of hydrogen-bond donors (Lipinski definition) is 2. The molecule has 7 nitrogen and oxygen atoms in total. The van der Waals surface area contributed by atoms with Crippen molar-refractivity contribution in [1.29, 1.82) is 0 Å². The number of hydrogen-bond acceptors (Lipinski definition) is 7. The number of rotatable bonds is 4. The number of nitrogens with zero attached hydrogens (tertiary/aromatic N) is 4. The first-order chi connectivity index (χ1) is 10.1. The van der Waals surface area contributed by atoms with Crippen molar-refractivity contribution in [2.75, 3.05) is 5.73 Å². The molecule has 0 saturated carbocycles. The lowest BCUT2D eigenvalue weighted by atomic mass is 10.4. The summed E-state index contributed by atoms with van der Waals surface area (Å²) >= 11 is 2.90. The minimum atomic E-state index is -0.209. The summed E-state index contributed by atoms with van der Waals surface area (Å²) in [5.74, 6) is 0.228. The van der Waals surface area contributed by atoms with Gasteiger partial charge in [-0.3, -0.25) is 4.57 Å². The maximum Gasteiger partial charge on any atom is 0.343 e. The number of aromatic nitrogens is 5. The van der Waals surface area contributed by atoms with E-state index in [1.165, 1.54) is 11.8 Å². The topological polar surface area (TPSA) is 102 Å². The van der Waals surface area contributed by atoms with Crippen LogP contribution in [0.1, 0.15) is 18.2 Å². The van der Waals surface area contributed by atoms with Crippen LogP contribution in [0.4, 0.5) is 5.95 Å². The van der Waals surface area contributed by atoms with Crippen molar-refractivity contribution in [3.05, 3.63) is 21.4 Å². The summed E-state index contributed by atoms with van der Waals surface area (Å²) in [5.41, 5.74) is 5.55. The molecule has 21 heavy (non-hydrogen) atoms. The van der Waals surface area contributed by atoms with Gasteiger partial charge in [0.05, 0.1) is 0 Å². The lowest BCUT2D eigenvalue weighted by Gasteiger charge is -2.04. The smallest absolute Gasteiger partial charge is 0.343 e. The zero-order valence-electron chi connectivity index (χ0n) is 11.6. The van der Waals surface area contributed by atoms with Crippen LogP contribution in [-0.2, 0) is 6.54 Å². The number of nitrogens with one attached hydrogen (secondary N) is 1. The van der Waals surface area contributed by atoms with Gasteiger partial charge in [0.1, 0.15) is 9.86 Å². The summed E-state index contributed by atoms with van der Waals surface area (Å²) in [6.07, 6.45) is 0.853. The number of aromatic amines is 1. The predicted octanol–water partition coefficient (Wildman–Crippen LogP) is 2.03. The molecule has 0 aromatic carbocycles. The van der Waals surface area contributed by atoms with Gasteiger partial charge in [-0.1, -0.05) is 6.92 Å². The highest BCUT2D eigenvalue weighted by Crippen LogP contribution is 2.34. The molecule has 0 aliphatic heterocycles. The third kappa shape index (κ3) is 2.66. The van der Waals surface area contributed by atoms with Crippen molar-refractivity contribution < 1.29 is 0 Å². The molecular formula is C12H14N6OS2. The van der Waals surface area contributed by atoms with Crippen molar-refractivity contribution in [3.63, 3.8) is 0 Å². The van der Waals surface area contributed by atoms with E-state index >= 15 is 0 Å². The Kier molecular flexibility index (Phi) is 3.68. The molecule has 3 rings (SSSR count). The maximum atomic E-state index is 11.7. The molecule has 0 saturated heterocycles. The van der Waals surface area contributed by atoms with Crippen LogP contribution in [0.25, 0.3) is 10.2 Å². The highest BCUT2D eigenvalue weighted by Gasteiger charge is 2.15. The van der Waals surface area contributed by atoms with Gasteiger partial charge >= 0.3 is 5.69 Å². The molecular weight excluding hydrogens is 308 g/mol. The highest BCUT2D eigenvalue weighted by molar-refractivity contribution is 7.99. The molecule has 3 heterocycles. The number of thiophene rings is 1. The molecule has 0 amide bonds. The summed E-state index contributed by atoms with van der Waals surface area (Å²) in [4.78, 5) is 22.2. The van der Waals surface area contributed by atoms with E-state index in [0.717, 1.165) is 26.5 Å². The second-order valence-corrected chi connectivity index (χ2v) is 6.72. The van der Waals surface area contributed by atoms with Crippen molar-refractivity contribution >= 4 is 39.3 Å². The van der Waals surface area contributed by atoms with E-state index in [9.17, 15) is 4.79 Å². The Bertz CT molecular complexity index is 849.